The first-order valence-corrected chi connectivity index (χ1v) is 10.8. The van der Waals surface area contributed by atoms with Crippen LogP contribution in [0.5, 0.6) is 5.75 Å². The summed E-state index contributed by atoms with van der Waals surface area (Å²) in [6.07, 6.45) is 4.32. The Labute approximate surface area is 191 Å². The van der Waals surface area contributed by atoms with E-state index in [0.717, 1.165) is 29.5 Å². The van der Waals surface area contributed by atoms with E-state index in [1.54, 1.807) is 18.3 Å². The molecule has 1 amide bonds. The molecule has 33 heavy (non-hydrogen) atoms. The van der Waals surface area contributed by atoms with Crippen molar-refractivity contribution in [3.05, 3.63) is 114 Å². The highest BCUT2D eigenvalue weighted by Gasteiger charge is 2.13. The molecular formula is C27H23N3O3. The minimum absolute atomic E-state index is 0.226. The lowest BCUT2D eigenvalue weighted by Gasteiger charge is -2.07. The second kappa shape index (κ2) is 9.44. The maximum Gasteiger partial charge on any atom is 0.291 e. The number of anilines is 1. The molecule has 0 aliphatic carbocycles. The van der Waals surface area contributed by atoms with Crippen molar-refractivity contribution in [2.75, 3.05) is 5.32 Å². The Hall–Kier alpha value is -4.32. The van der Waals surface area contributed by atoms with Gasteiger partial charge < -0.3 is 14.5 Å². The standard InChI is InChI=1S/C27H23N3O3/c31-27(29-22-17-28-30(18-22)16-15-20-7-2-1-3-8-20)26-14-13-23(33-26)19-32-25-12-6-10-21-9-4-5-11-24(21)25/h1-14,17-18H,15-16,19H2,(H,29,31). The van der Waals surface area contributed by atoms with Crippen molar-refractivity contribution in [1.82, 2.24) is 9.78 Å². The van der Waals surface area contributed by atoms with Crippen LogP contribution in [0.25, 0.3) is 10.8 Å². The van der Waals surface area contributed by atoms with Gasteiger partial charge in [0.25, 0.3) is 5.91 Å². The van der Waals surface area contributed by atoms with Gasteiger partial charge in [-0.2, -0.15) is 5.10 Å². The number of amides is 1. The van der Waals surface area contributed by atoms with Gasteiger partial charge in [-0.1, -0.05) is 66.7 Å². The number of carbonyl (C=O) groups is 1. The molecule has 6 nitrogen and oxygen atoms in total. The number of furan rings is 1. The van der Waals surface area contributed by atoms with Crippen molar-refractivity contribution < 1.29 is 13.9 Å². The lowest BCUT2D eigenvalue weighted by molar-refractivity contribution is 0.0992. The molecule has 2 heterocycles. The number of carbonyl (C=O) groups excluding carboxylic acids is 1. The van der Waals surface area contributed by atoms with Gasteiger partial charge in [-0.05, 0) is 35.6 Å². The summed E-state index contributed by atoms with van der Waals surface area (Å²) < 4.78 is 13.5. The fourth-order valence-electron chi connectivity index (χ4n) is 3.68. The average molecular weight is 437 g/mol. The summed E-state index contributed by atoms with van der Waals surface area (Å²) in [4.78, 5) is 12.6. The zero-order valence-electron chi connectivity index (χ0n) is 18.0. The van der Waals surface area contributed by atoms with Crippen LogP contribution in [0.1, 0.15) is 21.9 Å². The fourth-order valence-corrected chi connectivity index (χ4v) is 3.68. The molecule has 0 radical (unpaired) electrons. The van der Waals surface area contributed by atoms with Crippen molar-refractivity contribution in [2.45, 2.75) is 19.6 Å². The van der Waals surface area contributed by atoms with Gasteiger partial charge in [0.2, 0.25) is 0 Å². The number of nitrogens with one attached hydrogen (secondary N) is 1. The lowest BCUT2D eigenvalue weighted by Crippen LogP contribution is -2.10. The first kappa shape index (κ1) is 20.6. The van der Waals surface area contributed by atoms with E-state index in [1.807, 2.05) is 71.5 Å². The van der Waals surface area contributed by atoms with E-state index in [1.165, 1.54) is 5.56 Å². The smallest absolute Gasteiger partial charge is 0.291 e. The lowest BCUT2D eigenvalue weighted by atomic mass is 10.1. The van der Waals surface area contributed by atoms with Crippen LogP contribution in [0.2, 0.25) is 0 Å². The van der Waals surface area contributed by atoms with Crippen LogP contribution in [0.15, 0.2) is 102 Å². The first-order chi connectivity index (χ1) is 16.2. The molecule has 0 spiro atoms. The zero-order chi connectivity index (χ0) is 22.5. The minimum atomic E-state index is -0.325. The third-order valence-corrected chi connectivity index (χ3v) is 5.37. The number of fused-ring (bicyclic) bond motifs is 1. The molecule has 1 N–H and O–H groups in total. The van der Waals surface area contributed by atoms with E-state index in [2.05, 4.69) is 22.5 Å². The number of nitrogens with zero attached hydrogens (tertiary/aromatic N) is 2. The summed E-state index contributed by atoms with van der Waals surface area (Å²) in [6.45, 7) is 0.967. The Balaban J connectivity index is 1.17. The highest BCUT2D eigenvalue weighted by molar-refractivity contribution is 6.02. The Morgan fingerprint density at radius 3 is 2.67 bits per heavy atom. The van der Waals surface area contributed by atoms with Crippen molar-refractivity contribution in [1.29, 1.82) is 0 Å². The molecule has 5 aromatic rings. The first-order valence-electron chi connectivity index (χ1n) is 10.8. The van der Waals surface area contributed by atoms with Gasteiger partial charge in [0.15, 0.2) is 5.76 Å². The van der Waals surface area contributed by atoms with Crippen LogP contribution in [0, 0.1) is 0 Å². The summed E-state index contributed by atoms with van der Waals surface area (Å²) in [5, 5.41) is 9.30. The largest absolute Gasteiger partial charge is 0.485 e. The van der Waals surface area contributed by atoms with Gasteiger partial charge in [-0.3, -0.25) is 9.48 Å². The van der Waals surface area contributed by atoms with Crippen LogP contribution < -0.4 is 10.1 Å². The molecule has 2 aromatic heterocycles. The normalized spacial score (nSPS) is 10.9. The van der Waals surface area contributed by atoms with Crippen LogP contribution in [0.3, 0.4) is 0 Å². The summed E-state index contributed by atoms with van der Waals surface area (Å²) in [6, 6.07) is 27.6. The Morgan fingerprint density at radius 2 is 1.76 bits per heavy atom. The summed E-state index contributed by atoms with van der Waals surface area (Å²) in [7, 11) is 0. The third-order valence-electron chi connectivity index (χ3n) is 5.37. The summed E-state index contributed by atoms with van der Waals surface area (Å²) in [5.74, 6) is 1.25. The van der Waals surface area contributed by atoms with E-state index in [4.69, 9.17) is 9.15 Å². The molecule has 0 saturated carbocycles. The quantitative estimate of drug-likeness (QED) is 0.338. The maximum atomic E-state index is 12.6. The molecule has 0 fully saturated rings. The van der Waals surface area contributed by atoms with Crippen molar-refractivity contribution >= 4 is 22.4 Å². The number of hydrogen-bond acceptors (Lipinski definition) is 4. The van der Waals surface area contributed by atoms with Gasteiger partial charge in [0.1, 0.15) is 18.1 Å². The van der Waals surface area contributed by atoms with Gasteiger partial charge in [-0.15, -0.1) is 0 Å². The number of aryl methyl sites for hydroxylation is 2. The molecule has 0 bridgehead atoms. The Bertz CT molecular complexity index is 1370. The second-order valence-electron chi connectivity index (χ2n) is 7.71. The predicted octanol–water partition coefficient (Wildman–Crippen LogP) is 5.70. The highest BCUT2D eigenvalue weighted by atomic mass is 16.5. The highest BCUT2D eigenvalue weighted by Crippen LogP contribution is 2.26. The number of rotatable bonds is 8. The average Bonchev–Trinajstić information content (AvgIpc) is 3.52. The Morgan fingerprint density at radius 1 is 0.939 bits per heavy atom. The fraction of sp³-hybridized carbons (Fsp3) is 0.111. The third kappa shape index (κ3) is 4.96. The van der Waals surface area contributed by atoms with Crippen LogP contribution in [-0.2, 0) is 19.6 Å². The maximum absolute atomic E-state index is 12.6. The number of hydrogen-bond donors (Lipinski definition) is 1. The van der Waals surface area contributed by atoms with Gasteiger partial charge >= 0.3 is 0 Å². The molecule has 6 heteroatoms. The van der Waals surface area contributed by atoms with E-state index >= 15 is 0 Å². The molecule has 0 unspecified atom stereocenters. The van der Waals surface area contributed by atoms with Crippen LogP contribution >= 0.6 is 0 Å². The van der Waals surface area contributed by atoms with Gasteiger partial charge in [0, 0.05) is 18.1 Å². The molecular weight excluding hydrogens is 414 g/mol. The monoisotopic (exact) mass is 437 g/mol. The molecule has 5 rings (SSSR count). The van der Waals surface area contributed by atoms with Gasteiger partial charge in [0.05, 0.1) is 11.9 Å². The van der Waals surface area contributed by atoms with Crippen LogP contribution in [-0.4, -0.2) is 15.7 Å². The molecule has 3 aromatic carbocycles. The Kier molecular flexibility index (Phi) is 5.89. The molecule has 0 atom stereocenters. The van der Waals surface area contributed by atoms with E-state index in [9.17, 15) is 4.79 Å². The topological polar surface area (TPSA) is 69.3 Å². The van der Waals surface area contributed by atoms with Gasteiger partial charge in [-0.25, -0.2) is 0 Å². The van der Waals surface area contributed by atoms with E-state index < -0.39 is 0 Å². The molecule has 0 saturated heterocycles. The van der Waals surface area contributed by atoms with Crippen molar-refractivity contribution in [3.8, 4) is 5.75 Å². The molecule has 0 aliphatic heterocycles. The van der Waals surface area contributed by atoms with Crippen molar-refractivity contribution in [2.24, 2.45) is 0 Å². The predicted molar refractivity (Wildman–Crippen MR) is 127 cm³/mol. The summed E-state index contributed by atoms with van der Waals surface area (Å²) >= 11 is 0. The number of benzene rings is 3. The van der Waals surface area contributed by atoms with Crippen molar-refractivity contribution in [3.63, 3.8) is 0 Å². The van der Waals surface area contributed by atoms with Crippen LogP contribution in [0.4, 0.5) is 5.69 Å². The van der Waals surface area contributed by atoms with E-state index in [0.29, 0.717) is 11.4 Å². The molecule has 164 valence electrons. The van der Waals surface area contributed by atoms with E-state index in [-0.39, 0.29) is 18.3 Å². The number of ether oxygens (including phenoxy) is 1. The molecule has 0 aliphatic rings. The second-order valence-corrected chi connectivity index (χ2v) is 7.71. The zero-order valence-corrected chi connectivity index (χ0v) is 18.0. The summed E-state index contributed by atoms with van der Waals surface area (Å²) in [5.41, 5.74) is 1.87. The minimum Gasteiger partial charge on any atom is -0.485 e. The number of aromatic nitrogens is 2. The SMILES string of the molecule is O=C(Nc1cnn(CCc2ccccc2)c1)c1ccc(COc2cccc3ccccc23)o1.